The fourth-order valence-electron chi connectivity index (χ4n) is 1.86. The largest absolute Gasteiger partial charge is 0.505 e. The van der Waals surface area contributed by atoms with E-state index in [1.54, 1.807) is 6.07 Å². The van der Waals surface area contributed by atoms with Crippen LogP contribution in [-0.2, 0) is 6.42 Å². The number of nitrogens with zero attached hydrogens (tertiary/aromatic N) is 1. The molecule has 5 nitrogen and oxygen atoms in total. The Hall–Kier alpha value is -2.40. The molecule has 1 aromatic heterocycles. The van der Waals surface area contributed by atoms with Crippen LogP contribution in [0.5, 0.6) is 5.75 Å². The lowest BCUT2D eigenvalue weighted by atomic mass is 10.1. The number of anilines is 1. The van der Waals surface area contributed by atoms with E-state index in [4.69, 9.17) is 5.11 Å². The predicted molar refractivity (Wildman–Crippen MR) is 75.7 cm³/mol. The van der Waals surface area contributed by atoms with E-state index < -0.39 is 0 Å². The van der Waals surface area contributed by atoms with Crippen LogP contribution in [0.1, 0.15) is 22.3 Å². The van der Waals surface area contributed by atoms with Crippen molar-refractivity contribution >= 4 is 11.6 Å². The topological polar surface area (TPSA) is 82.5 Å². The van der Waals surface area contributed by atoms with E-state index in [9.17, 15) is 9.90 Å². The molecular weight excluding hydrogens is 256 g/mol. The van der Waals surface area contributed by atoms with Gasteiger partial charge in [0.25, 0.3) is 5.91 Å². The third-order valence-electron chi connectivity index (χ3n) is 2.85. The number of hydrogen-bond acceptors (Lipinski definition) is 4. The van der Waals surface area contributed by atoms with Gasteiger partial charge in [0.1, 0.15) is 5.75 Å². The van der Waals surface area contributed by atoms with Gasteiger partial charge in [0.2, 0.25) is 0 Å². The fraction of sp³-hybridized carbons (Fsp3) is 0.200. The Labute approximate surface area is 116 Å². The molecular formula is C15H16N2O3. The number of carbonyl (C=O) groups is 1. The zero-order chi connectivity index (χ0) is 14.4. The van der Waals surface area contributed by atoms with Crippen LogP contribution in [0.3, 0.4) is 0 Å². The van der Waals surface area contributed by atoms with Gasteiger partial charge >= 0.3 is 0 Å². The molecule has 3 N–H and O–H groups in total. The van der Waals surface area contributed by atoms with Gasteiger partial charge in [0, 0.05) is 18.5 Å². The van der Waals surface area contributed by atoms with Gasteiger partial charge in [-0.3, -0.25) is 9.78 Å². The highest BCUT2D eigenvalue weighted by atomic mass is 16.3. The molecule has 104 valence electrons. The van der Waals surface area contributed by atoms with Crippen molar-refractivity contribution in [3.63, 3.8) is 0 Å². The number of nitrogens with one attached hydrogen (secondary N) is 1. The molecule has 0 spiro atoms. The van der Waals surface area contributed by atoms with Crippen LogP contribution in [0.4, 0.5) is 5.69 Å². The van der Waals surface area contributed by atoms with E-state index in [-0.39, 0.29) is 23.8 Å². The number of aliphatic hydroxyl groups excluding tert-OH is 1. The smallest absolute Gasteiger partial charge is 0.259 e. The Bertz CT molecular complexity index is 599. The van der Waals surface area contributed by atoms with Gasteiger partial charge in [0.05, 0.1) is 11.8 Å². The van der Waals surface area contributed by atoms with Crippen LogP contribution >= 0.6 is 0 Å². The minimum Gasteiger partial charge on any atom is -0.505 e. The second-order valence-electron chi connectivity index (χ2n) is 4.37. The first-order valence-corrected chi connectivity index (χ1v) is 6.35. The molecule has 5 heteroatoms. The summed E-state index contributed by atoms with van der Waals surface area (Å²) in [6.45, 7) is 0.140. The quantitative estimate of drug-likeness (QED) is 0.777. The van der Waals surface area contributed by atoms with E-state index >= 15 is 0 Å². The third-order valence-corrected chi connectivity index (χ3v) is 2.85. The zero-order valence-corrected chi connectivity index (χ0v) is 10.9. The monoisotopic (exact) mass is 272 g/mol. The summed E-state index contributed by atoms with van der Waals surface area (Å²) in [6, 6.07) is 8.87. The number of rotatable bonds is 5. The molecule has 1 heterocycles. The number of pyridine rings is 1. The van der Waals surface area contributed by atoms with Gasteiger partial charge in [-0.2, -0.15) is 0 Å². The van der Waals surface area contributed by atoms with Gasteiger partial charge < -0.3 is 15.5 Å². The lowest BCUT2D eigenvalue weighted by Crippen LogP contribution is -2.12. The van der Waals surface area contributed by atoms with Crippen molar-refractivity contribution in [1.29, 1.82) is 0 Å². The summed E-state index contributed by atoms with van der Waals surface area (Å²) in [5.74, 6) is -0.536. The summed E-state index contributed by atoms with van der Waals surface area (Å²) in [7, 11) is 0. The van der Waals surface area contributed by atoms with Crippen molar-refractivity contribution in [3.05, 3.63) is 53.9 Å². The Kier molecular flexibility index (Phi) is 4.68. The molecule has 0 radical (unpaired) electrons. The summed E-state index contributed by atoms with van der Waals surface area (Å²) in [6.07, 6.45) is 4.11. The lowest BCUT2D eigenvalue weighted by molar-refractivity contribution is 0.102. The first-order valence-electron chi connectivity index (χ1n) is 6.35. The molecule has 0 bridgehead atoms. The molecule has 0 atom stereocenters. The highest BCUT2D eigenvalue weighted by Gasteiger charge is 2.10. The molecule has 2 aromatic rings. The first-order chi connectivity index (χ1) is 9.70. The van der Waals surface area contributed by atoms with Crippen molar-refractivity contribution in [1.82, 2.24) is 4.98 Å². The van der Waals surface area contributed by atoms with Gasteiger partial charge in [-0.25, -0.2) is 0 Å². The number of benzene rings is 1. The Morgan fingerprint density at radius 3 is 2.90 bits per heavy atom. The Morgan fingerprint density at radius 2 is 2.15 bits per heavy atom. The highest BCUT2D eigenvalue weighted by Crippen LogP contribution is 2.17. The molecule has 0 unspecified atom stereocenters. The van der Waals surface area contributed by atoms with Crippen LogP contribution in [0.15, 0.2) is 42.7 Å². The summed E-state index contributed by atoms with van der Waals surface area (Å²) in [5.41, 5.74) is 1.87. The van der Waals surface area contributed by atoms with E-state index in [1.165, 1.54) is 18.5 Å². The van der Waals surface area contributed by atoms with E-state index in [0.29, 0.717) is 12.1 Å². The molecule has 1 aromatic carbocycles. The van der Waals surface area contributed by atoms with Crippen LogP contribution in [0.25, 0.3) is 0 Å². The molecule has 20 heavy (non-hydrogen) atoms. The molecule has 0 aliphatic rings. The second kappa shape index (κ2) is 6.68. The van der Waals surface area contributed by atoms with Crippen molar-refractivity contribution in [3.8, 4) is 5.75 Å². The number of aromatic hydroxyl groups is 1. The van der Waals surface area contributed by atoms with Gasteiger partial charge in [-0.1, -0.05) is 12.1 Å². The van der Waals surface area contributed by atoms with Crippen molar-refractivity contribution in [2.45, 2.75) is 12.8 Å². The maximum absolute atomic E-state index is 12.0. The zero-order valence-electron chi connectivity index (χ0n) is 10.9. The van der Waals surface area contributed by atoms with Crippen LogP contribution < -0.4 is 5.32 Å². The summed E-state index contributed by atoms with van der Waals surface area (Å²) in [4.78, 5) is 15.7. The number of aryl methyl sites for hydroxylation is 1. The van der Waals surface area contributed by atoms with Crippen molar-refractivity contribution in [2.24, 2.45) is 0 Å². The molecule has 0 saturated heterocycles. The lowest BCUT2D eigenvalue weighted by Gasteiger charge is -2.08. The molecule has 1 amide bonds. The van der Waals surface area contributed by atoms with Crippen LogP contribution in [0, 0.1) is 0 Å². The van der Waals surface area contributed by atoms with Gasteiger partial charge in [0.15, 0.2) is 0 Å². The van der Waals surface area contributed by atoms with Crippen molar-refractivity contribution in [2.75, 3.05) is 11.9 Å². The SMILES string of the molecule is O=C(Nc1cccc(CCCO)c1)c1ccncc1O. The van der Waals surface area contributed by atoms with E-state index in [2.05, 4.69) is 10.3 Å². The number of hydrogen-bond donors (Lipinski definition) is 3. The number of aromatic nitrogens is 1. The summed E-state index contributed by atoms with van der Waals surface area (Å²) < 4.78 is 0. The summed E-state index contributed by atoms with van der Waals surface area (Å²) >= 11 is 0. The molecule has 0 saturated carbocycles. The molecule has 0 fully saturated rings. The highest BCUT2D eigenvalue weighted by molar-refractivity contribution is 6.05. The maximum Gasteiger partial charge on any atom is 0.259 e. The average Bonchev–Trinajstić information content (AvgIpc) is 2.46. The number of amides is 1. The standard InChI is InChI=1S/C15H16N2O3/c18-8-2-4-11-3-1-5-12(9-11)17-15(20)13-6-7-16-10-14(13)19/h1,3,5-7,9-10,18-19H,2,4,8H2,(H,17,20). The molecule has 2 rings (SSSR count). The Balaban J connectivity index is 2.10. The summed E-state index contributed by atoms with van der Waals surface area (Å²) in [5, 5.41) is 21.1. The van der Waals surface area contributed by atoms with Crippen LogP contribution in [0.2, 0.25) is 0 Å². The van der Waals surface area contributed by atoms with Crippen LogP contribution in [-0.4, -0.2) is 27.7 Å². The fourth-order valence-corrected chi connectivity index (χ4v) is 1.86. The number of carbonyl (C=O) groups excluding carboxylic acids is 1. The minimum atomic E-state index is -0.385. The Morgan fingerprint density at radius 1 is 1.30 bits per heavy atom. The first kappa shape index (κ1) is 14.0. The third kappa shape index (κ3) is 3.55. The number of aliphatic hydroxyl groups is 1. The van der Waals surface area contributed by atoms with Crippen molar-refractivity contribution < 1.29 is 15.0 Å². The van der Waals surface area contributed by atoms with Gasteiger partial charge in [-0.05, 0) is 36.6 Å². The van der Waals surface area contributed by atoms with E-state index in [1.807, 2.05) is 18.2 Å². The predicted octanol–water partition coefficient (Wildman–Crippen LogP) is 1.96. The van der Waals surface area contributed by atoms with E-state index in [0.717, 1.165) is 12.0 Å². The normalized spacial score (nSPS) is 10.2. The maximum atomic E-state index is 12.0. The second-order valence-corrected chi connectivity index (χ2v) is 4.37. The molecule has 0 aliphatic heterocycles. The molecule has 0 aliphatic carbocycles. The van der Waals surface area contributed by atoms with Gasteiger partial charge in [-0.15, -0.1) is 0 Å². The average molecular weight is 272 g/mol. The minimum absolute atomic E-state index is 0.140.